The second-order valence-electron chi connectivity index (χ2n) is 10.0. The van der Waals surface area contributed by atoms with Crippen LogP contribution in [0.15, 0.2) is 24.7 Å². The van der Waals surface area contributed by atoms with Crippen LogP contribution < -0.4 is 24.4 Å². The largest absolute Gasteiger partial charge is 0.493 e. The molecule has 1 unspecified atom stereocenters. The lowest BCUT2D eigenvalue weighted by atomic mass is 9.93. The third-order valence-corrected chi connectivity index (χ3v) is 7.76. The van der Waals surface area contributed by atoms with Gasteiger partial charge in [-0.15, -0.1) is 0 Å². The van der Waals surface area contributed by atoms with Crippen LogP contribution in [0.25, 0.3) is 16.7 Å². The van der Waals surface area contributed by atoms with Gasteiger partial charge in [-0.2, -0.15) is 15.1 Å². The van der Waals surface area contributed by atoms with Crippen LogP contribution in [-0.4, -0.2) is 74.9 Å². The van der Waals surface area contributed by atoms with Crippen molar-refractivity contribution in [2.45, 2.75) is 51.1 Å². The molecule has 4 heterocycles. The maximum Gasteiger partial charge on any atom is 0.232 e. The van der Waals surface area contributed by atoms with E-state index >= 15 is 0 Å². The lowest BCUT2D eigenvalue weighted by Crippen LogP contribution is -2.33. The summed E-state index contributed by atoms with van der Waals surface area (Å²) in [5, 5.41) is 19.2. The van der Waals surface area contributed by atoms with Crippen molar-refractivity contribution in [1.82, 2.24) is 29.3 Å². The maximum absolute atomic E-state index is 10.0. The SMILES string of the molecule is COc1cc(-n2cnc(Nc3nc(N4CCCC4CO)c4c(C)nn(C5CCC5)c4n3)c2)cc(OC)c1OC. The quantitative estimate of drug-likeness (QED) is 0.328. The summed E-state index contributed by atoms with van der Waals surface area (Å²) in [6, 6.07) is 4.09. The molecule has 0 amide bonds. The third-order valence-electron chi connectivity index (χ3n) is 7.76. The van der Waals surface area contributed by atoms with Crippen LogP contribution in [0.5, 0.6) is 17.2 Å². The van der Waals surface area contributed by atoms with E-state index in [0.717, 1.165) is 60.5 Å². The van der Waals surface area contributed by atoms with Gasteiger partial charge >= 0.3 is 0 Å². The van der Waals surface area contributed by atoms with E-state index in [-0.39, 0.29) is 12.6 Å². The molecule has 2 N–H and O–H groups in total. The summed E-state index contributed by atoms with van der Waals surface area (Å²) < 4.78 is 20.4. The predicted octanol–water partition coefficient (Wildman–Crippen LogP) is 3.78. The number of nitrogens with zero attached hydrogens (tertiary/aromatic N) is 7. The summed E-state index contributed by atoms with van der Waals surface area (Å²) in [4.78, 5) is 16.6. The molecule has 1 saturated heterocycles. The van der Waals surface area contributed by atoms with E-state index < -0.39 is 0 Å². The van der Waals surface area contributed by atoms with Gasteiger partial charge in [0, 0.05) is 18.7 Å². The van der Waals surface area contributed by atoms with Crippen molar-refractivity contribution in [1.29, 1.82) is 0 Å². The first-order chi connectivity index (χ1) is 19.0. The highest BCUT2D eigenvalue weighted by Gasteiger charge is 2.31. The Morgan fingerprint density at radius 3 is 2.44 bits per heavy atom. The van der Waals surface area contributed by atoms with Gasteiger partial charge in [-0.1, -0.05) is 0 Å². The number of anilines is 3. The molecule has 1 aromatic carbocycles. The smallest absolute Gasteiger partial charge is 0.232 e. The number of aliphatic hydroxyl groups excluding tert-OH is 1. The summed E-state index contributed by atoms with van der Waals surface area (Å²) in [5.74, 6) is 3.47. The third kappa shape index (κ3) is 4.38. The second-order valence-corrected chi connectivity index (χ2v) is 10.0. The molecule has 4 aromatic rings. The molecular weight excluding hydrogens is 500 g/mol. The molecule has 39 heavy (non-hydrogen) atoms. The lowest BCUT2D eigenvalue weighted by Gasteiger charge is -2.27. The van der Waals surface area contributed by atoms with Crippen LogP contribution in [0.3, 0.4) is 0 Å². The van der Waals surface area contributed by atoms with Crippen molar-refractivity contribution in [2.24, 2.45) is 0 Å². The van der Waals surface area contributed by atoms with Gasteiger partial charge in [0.2, 0.25) is 11.7 Å². The number of aryl methyl sites for hydroxylation is 1. The zero-order valence-corrected chi connectivity index (χ0v) is 22.7. The maximum atomic E-state index is 10.0. The van der Waals surface area contributed by atoms with Crippen molar-refractivity contribution >= 4 is 28.6 Å². The zero-order chi connectivity index (χ0) is 27.1. The van der Waals surface area contributed by atoms with Crippen LogP contribution in [0, 0.1) is 6.92 Å². The van der Waals surface area contributed by atoms with E-state index in [2.05, 4.69) is 19.9 Å². The Bertz CT molecular complexity index is 1470. The number of hydrogen-bond donors (Lipinski definition) is 2. The molecule has 1 saturated carbocycles. The first-order valence-electron chi connectivity index (χ1n) is 13.3. The standard InChI is InChI=1S/C27H34N8O4/c1-16-23-25(34-10-6-9-18(34)14-36)30-27(31-26(23)35(32-16)17-7-5-8-17)29-22-13-33(15-28-22)19-11-20(37-2)24(39-4)21(12-19)38-3/h11-13,15,17-18,36H,5-10,14H2,1-4H3,(H,29,30,31). The van der Waals surface area contributed by atoms with E-state index in [4.69, 9.17) is 29.3 Å². The van der Waals surface area contributed by atoms with E-state index in [1.165, 1.54) is 6.42 Å². The highest BCUT2D eigenvalue weighted by Crippen LogP contribution is 2.40. The van der Waals surface area contributed by atoms with E-state index in [1.54, 1.807) is 27.7 Å². The molecule has 12 nitrogen and oxygen atoms in total. The Labute approximate surface area is 226 Å². The van der Waals surface area contributed by atoms with Crippen LogP contribution in [0.4, 0.5) is 17.6 Å². The van der Waals surface area contributed by atoms with Crippen molar-refractivity contribution in [3.05, 3.63) is 30.4 Å². The number of aliphatic hydroxyl groups is 1. The number of benzene rings is 1. The van der Waals surface area contributed by atoms with Gasteiger partial charge in [0.1, 0.15) is 12.1 Å². The summed E-state index contributed by atoms with van der Waals surface area (Å²) in [7, 11) is 4.75. The van der Waals surface area contributed by atoms with Crippen LogP contribution in [0.1, 0.15) is 43.8 Å². The Balaban J connectivity index is 1.38. The van der Waals surface area contributed by atoms with E-state index in [1.807, 2.05) is 29.8 Å². The summed E-state index contributed by atoms with van der Waals surface area (Å²) in [6.07, 6.45) is 8.89. The van der Waals surface area contributed by atoms with Crippen molar-refractivity contribution in [2.75, 3.05) is 44.7 Å². The molecule has 2 aliphatic rings. The topological polar surface area (TPSA) is 125 Å². The highest BCUT2D eigenvalue weighted by molar-refractivity contribution is 5.91. The Morgan fingerprint density at radius 2 is 1.79 bits per heavy atom. The van der Waals surface area contributed by atoms with Gasteiger partial charge in [0.05, 0.1) is 63.0 Å². The van der Waals surface area contributed by atoms with Crippen molar-refractivity contribution in [3.63, 3.8) is 0 Å². The molecule has 1 atom stereocenters. The molecule has 206 valence electrons. The predicted molar refractivity (Wildman–Crippen MR) is 147 cm³/mol. The second kappa shape index (κ2) is 10.3. The molecule has 3 aromatic heterocycles. The Kier molecular flexibility index (Phi) is 6.63. The van der Waals surface area contributed by atoms with Gasteiger partial charge in [-0.25, -0.2) is 9.67 Å². The van der Waals surface area contributed by atoms with Crippen molar-refractivity contribution < 1.29 is 19.3 Å². The number of hydrogen-bond acceptors (Lipinski definition) is 10. The Hall–Kier alpha value is -4.06. The summed E-state index contributed by atoms with van der Waals surface area (Å²) in [6.45, 7) is 2.93. The molecule has 1 aliphatic heterocycles. The average molecular weight is 535 g/mol. The number of ether oxygens (including phenoxy) is 3. The van der Waals surface area contributed by atoms with E-state index in [9.17, 15) is 5.11 Å². The van der Waals surface area contributed by atoms with Crippen LogP contribution in [-0.2, 0) is 0 Å². The van der Waals surface area contributed by atoms with Gasteiger partial charge < -0.3 is 34.1 Å². The number of methoxy groups -OCH3 is 3. The minimum Gasteiger partial charge on any atom is -0.493 e. The number of nitrogens with one attached hydrogen (secondary N) is 1. The number of fused-ring (bicyclic) bond motifs is 1. The highest BCUT2D eigenvalue weighted by atomic mass is 16.5. The summed E-state index contributed by atoms with van der Waals surface area (Å²) in [5.41, 5.74) is 2.52. The van der Waals surface area contributed by atoms with Crippen LogP contribution >= 0.6 is 0 Å². The monoisotopic (exact) mass is 534 g/mol. The summed E-state index contributed by atoms with van der Waals surface area (Å²) >= 11 is 0. The number of rotatable bonds is 9. The fourth-order valence-corrected chi connectivity index (χ4v) is 5.50. The van der Waals surface area contributed by atoms with Crippen LogP contribution in [0.2, 0.25) is 0 Å². The first-order valence-corrected chi connectivity index (χ1v) is 13.3. The fourth-order valence-electron chi connectivity index (χ4n) is 5.50. The number of imidazole rings is 1. The minimum atomic E-state index is 0.0293. The van der Waals surface area contributed by atoms with Gasteiger partial charge in [0.25, 0.3) is 0 Å². The normalized spacial score (nSPS) is 17.5. The molecule has 12 heteroatoms. The lowest BCUT2D eigenvalue weighted by molar-refractivity contribution is 0.266. The van der Waals surface area contributed by atoms with Gasteiger partial charge in [-0.05, 0) is 39.0 Å². The number of aromatic nitrogens is 6. The molecule has 6 rings (SSSR count). The molecule has 2 fully saturated rings. The molecule has 1 aliphatic carbocycles. The zero-order valence-electron chi connectivity index (χ0n) is 22.7. The fraction of sp³-hybridized carbons (Fsp3) is 0.481. The molecule has 0 spiro atoms. The molecule has 0 bridgehead atoms. The van der Waals surface area contributed by atoms with Gasteiger partial charge in [0.15, 0.2) is 23.0 Å². The van der Waals surface area contributed by atoms with E-state index in [0.29, 0.717) is 35.1 Å². The minimum absolute atomic E-state index is 0.0293. The Morgan fingerprint density at radius 1 is 1.03 bits per heavy atom. The van der Waals surface area contributed by atoms with Gasteiger partial charge in [-0.3, -0.25) is 0 Å². The first kappa shape index (κ1) is 25.2. The van der Waals surface area contributed by atoms with Crippen molar-refractivity contribution in [3.8, 4) is 22.9 Å². The molecular formula is C27H34N8O4. The average Bonchev–Trinajstić information content (AvgIpc) is 3.66. The molecule has 0 radical (unpaired) electrons.